The van der Waals surface area contributed by atoms with E-state index in [1.807, 2.05) is 30.3 Å². The van der Waals surface area contributed by atoms with Crippen LogP contribution in [0.1, 0.15) is 28.9 Å². The largest absolute Gasteiger partial charge is 0.467 e. The van der Waals surface area contributed by atoms with Gasteiger partial charge in [-0.25, -0.2) is 4.79 Å². The normalized spacial score (nSPS) is 11.8. The Morgan fingerprint density at radius 3 is 2.65 bits per heavy atom. The molecule has 8 nitrogen and oxygen atoms in total. The molecule has 0 radical (unpaired) electrons. The molecule has 0 aliphatic heterocycles. The van der Waals surface area contributed by atoms with Crippen LogP contribution >= 0.6 is 0 Å². The first-order valence-corrected chi connectivity index (χ1v) is 8.05. The summed E-state index contributed by atoms with van der Waals surface area (Å²) in [6, 6.07) is 12.7. The van der Waals surface area contributed by atoms with Crippen molar-refractivity contribution in [2.24, 2.45) is 0 Å². The van der Waals surface area contributed by atoms with Crippen LogP contribution in [0.15, 0.2) is 53.1 Å². The van der Waals surface area contributed by atoms with Gasteiger partial charge in [-0.1, -0.05) is 18.2 Å². The lowest BCUT2D eigenvalue weighted by atomic mass is 10.3. The summed E-state index contributed by atoms with van der Waals surface area (Å²) >= 11 is 0. The minimum Gasteiger partial charge on any atom is -0.467 e. The van der Waals surface area contributed by atoms with Crippen molar-refractivity contribution in [1.82, 2.24) is 20.3 Å². The summed E-state index contributed by atoms with van der Waals surface area (Å²) in [5.41, 5.74) is 1.21. The number of nitrogens with zero attached hydrogens (tertiary/aromatic N) is 3. The molecule has 1 unspecified atom stereocenters. The number of rotatable bonds is 6. The third-order valence-electron chi connectivity index (χ3n) is 3.63. The highest BCUT2D eigenvalue weighted by atomic mass is 16.5. The summed E-state index contributed by atoms with van der Waals surface area (Å²) in [5, 5.41) is 11.0. The standard InChI is InChI=1S/C18H18N4O4/c1-12-16(21-22(20-12)14-7-4-3-5-8-14)18(24)26-13(2)17(23)19-11-15-9-6-10-25-15/h3-10,13H,11H2,1-2H3,(H,19,23). The fraction of sp³-hybridized carbons (Fsp3) is 0.222. The number of aromatic nitrogens is 3. The molecule has 0 bridgehead atoms. The van der Waals surface area contributed by atoms with Crippen molar-refractivity contribution in [2.75, 3.05) is 0 Å². The Morgan fingerprint density at radius 1 is 1.19 bits per heavy atom. The van der Waals surface area contributed by atoms with E-state index in [2.05, 4.69) is 15.5 Å². The highest BCUT2D eigenvalue weighted by molar-refractivity contribution is 5.91. The number of furan rings is 1. The van der Waals surface area contributed by atoms with E-state index in [-0.39, 0.29) is 12.2 Å². The van der Waals surface area contributed by atoms with E-state index in [1.54, 1.807) is 19.1 Å². The molecule has 0 saturated carbocycles. The molecular weight excluding hydrogens is 336 g/mol. The van der Waals surface area contributed by atoms with Crippen molar-refractivity contribution in [1.29, 1.82) is 0 Å². The van der Waals surface area contributed by atoms with Gasteiger partial charge >= 0.3 is 5.97 Å². The molecule has 0 saturated heterocycles. The molecule has 3 aromatic rings. The monoisotopic (exact) mass is 354 g/mol. The van der Waals surface area contributed by atoms with Gasteiger partial charge in [0.2, 0.25) is 0 Å². The summed E-state index contributed by atoms with van der Waals surface area (Å²) < 4.78 is 10.3. The quantitative estimate of drug-likeness (QED) is 0.680. The molecule has 0 spiro atoms. The molecule has 1 N–H and O–H groups in total. The molecule has 2 aromatic heterocycles. The maximum atomic E-state index is 12.3. The van der Waals surface area contributed by atoms with Crippen molar-refractivity contribution in [3.05, 3.63) is 65.9 Å². The Labute approximate surface area is 149 Å². The highest BCUT2D eigenvalue weighted by Crippen LogP contribution is 2.10. The van der Waals surface area contributed by atoms with Crippen LogP contribution in [0, 0.1) is 6.92 Å². The second kappa shape index (κ2) is 7.64. The molecule has 1 atom stereocenters. The van der Waals surface area contributed by atoms with Crippen molar-refractivity contribution in [3.63, 3.8) is 0 Å². The van der Waals surface area contributed by atoms with Crippen molar-refractivity contribution in [3.8, 4) is 5.69 Å². The lowest BCUT2D eigenvalue weighted by Crippen LogP contribution is -2.35. The Balaban J connectivity index is 1.62. The van der Waals surface area contributed by atoms with Crippen LogP contribution in [0.2, 0.25) is 0 Å². The van der Waals surface area contributed by atoms with Crippen molar-refractivity contribution in [2.45, 2.75) is 26.5 Å². The van der Waals surface area contributed by atoms with Gasteiger partial charge < -0.3 is 14.5 Å². The third-order valence-corrected chi connectivity index (χ3v) is 3.63. The topological polar surface area (TPSA) is 99.3 Å². The second-order valence-electron chi connectivity index (χ2n) is 5.60. The first-order chi connectivity index (χ1) is 12.5. The van der Waals surface area contributed by atoms with Gasteiger partial charge in [-0.3, -0.25) is 4.79 Å². The summed E-state index contributed by atoms with van der Waals surface area (Å²) in [5.74, 6) is -0.522. The number of para-hydroxylation sites is 1. The molecule has 1 aromatic carbocycles. The van der Waals surface area contributed by atoms with Crippen LogP contribution in [-0.2, 0) is 16.1 Å². The molecule has 3 rings (SSSR count). The minimum atomic E-state index is -0.973. The van der Waals surface area contributed by atoms with Crippen LogP contribution in [0.4, 0.5) is 0 Å². The molecule has 8 heteroatoms. The van der Waals surface area contributed by atoms with E-state index in [0.717, 1.165) is 5.69 Å². The number of benzene rings is 1. The van der Waals surface area contributed by atoms with E-state index in [1.165, 1.54) is 18.0 Å². The smallest absolute Gasteiger partial charge is 0.361 e. The maximum absolute atomic E-state index is 12.3. The number of amides is 1. The fourth-order valence-electron chi connectivity index (χ4n) is 2.25. The first kappa shape index (κ1) is 17.4. The Kier molecular flexibility index (Phi) is 5.12. The molecule has 134 valence electrons. The van der Waals surface area contributed by atoms with Crippen LogP contribution in [0.5, 0.6) is 0 Å². The zero-order chi connectivity index (χ0) is 18.5. The Morgan fingerprint density at radius 2 is 1.96 bits per heavy atom. The number of nitrogens with one attached hydrogen (secondary N) is 1. The molecule has 0 aliphatic carbocycles. The number of carbonyl (C=O) groups excluding carboxylic acids is 2. The second-order valence-corrected chi connectivity index (χ2v) is 5.60. The lowest BCUT2D eigenvalue weighted by molar-refractivity contribution is -0.129. The molecule has 1 amide bonds. The number of aryl methyl sites for hydroxylation is 1. The van der Waals surface area contributed by atoms with E-state index < -0.39 is 18.0 Å². The van der Waals surface area contributed by atoms with E-state index in [9.17, 15) is 9.59 Å². The fourth-order valence-corrected chi connectivity index (χ4v) is 2.25. The number of hydrogen-bond acceptors (Lipinski definition) is 6. The van der Waals surface area contributed by atoms with Gasteiger partial charge in [0, 0.05) is 0 Å². The molecular formula is C18H18N4O4. The molecule has 2 heterocycles. The predicted octanol–water partition coefficient (Wildman–Crippen LogP) is 2.03. The van der Waals surface area contributed by atoms with E-state index in [0.29, 0.717) is 11.5 Å². The predicted molar refractivity (Wildman–Crippen MR) is 91.5 cm³/mol. The number of ether oxygens (including phenoxy) is 1. The summed E-state index contributed by atoms with van der Waals surface area (Å²) in [7, 11) is 0. The minimum absolute atomic E-state index is 0.0690. The van der Waals surface area contributed by atoms with Gasteiger partial charge in [-0.15, -0.1) is 5.10 Å². The van der Waals surface area contributed by atoms with Gasteiger partial charge in [-0.05, 0) is 38.1 Å². The molecule has 0 fully saturated rings. The average molecular weight is 354 g/mol. The maximum Gasteiger partial charge on any atom is 0.361 e. The van der Waals surface area contributed by atoms with Gasteiger partial charge in [0.15, 0.2) is 11.8 Å². The lowest BCUT2D eigenvalue weighted by Gasteiger charge is -2.12. The average Bonchev–Trinajstić information content (AvgIpc) is 3.29. The van der Waals surface area contributed by atoms with E-state index >= 15 is 0 Å². The Hall–Kier alpha value is -3.42. The third kappa shape index (κ3) is 3.97. The van der Waals surface area contributed by atoms with Crippen LogP contribution in [-0.4, -0.2) is 33.0 Å². The van der Waals surface area contributed by atoms with Gasteiger partial charge in [-0.2, -0.15) is 9.90 Å². The highest BCUT2D eigenvalue weighted by Gasteiger charge is 2.23. The number of carbonyl (C=O) groups is 2. The van der Waals surface area contributed by atoms with Gasteiger partial charge in [0.1, 0.15) is 5.76 Å². The summed E-state index contributed by atoms with van der Waals surface area (Å²) in [4.78, 5) is 25.7. The first-order valence-electron chi connectivity index (χ1n) is 8.05. The number of esters is 1. The van der Waals surface area contributed by atoms with Gasteiger partial charge in [0.05, 0.1) is 24.2 Å². The van der Waals surface area contributed by atoms with Crippen molar-refractivity contribution >= 4 is 11.9 Å². The Bertz CT molecular complexity index is 887. The summed E-state index contributed by atoms with van der Waals surface area (Å²) in [6.07, 6.45) is 0.544. The van der Waals surface area contributed by atoms with Crippen molar-refractivity contribution < 1.29 is 18.7 Å². The summed E-state index contributed by atoms with van der Waals surface area (Å²) in [6.45, 7) is 3.37. The van der Waals surface area contributed by atoms with Crippen LogP contribution in [0.3, 0.4) is 0 Å². The van der Waals surface area contributed by atoms with Crippen LogP contribution < -0.4 is 5.32 Å². The van der Waals surface area contributed by atoms with Gasteiger partial charge in [0.25, 0.3) is 5.91 Å². The molecule has 26 heavy (non-hydrogen) atoms. The zero-order valence-electron chi connectivity index (χ0n) is 14.4. The number of hydrogen-bond donors (Lipinski definition) is 1. The van der Waals surface area contributed by atoms with E-state index in [4.69, 9.17) is 9.15 Å². The molecule has 0 aliphatic rings. The zero-order valence-corrected chi connectivity index (χ0v) is 14.4. The SMILES string of the molecule is Cc1nn(-c2ccccc2)nc1C(=O)OC(C)C(=O)NCc1ccco1. The van der Waals surface area contributed by atoms with Crippen LogP contribution in [0.25, 0.3) is 5.69 Å².